The van der Waals surface area contributed by atoms with Crippen LogP contribution in [0.2, 0.25) is 0 Å². The number of nitrogens with one attached hydrogen (secondary N) is 1. The van der Waals surface area contributed by atoms with Crippen molar-refractivity contribution in [2.24, 2.45) is 0 Å². The molecule has 0 bridgehead atoms. The first-order valence-electron chi connectivity index (χ1n) is 7.77. The Balaban J connectivity index is 1.51. The third kappa shape index (κ3) is 3.16. The first-order chi connectivity index (χ1) is 12.2. The van der Waals surface area contributed by atoms with Crippen molar-refractivity contribution < 1.29 is 18.8 Å². The van der Waals surface area contributed by atoms with Crippen molar-refractivity contribution in [2.45, 2.75) is 13.3 Å². The zero-order valence-electron chi connectivity index (χ0n) is 13.5. The lowest BCUT2D eigenvalue weighted by atomic mass is 10.1. The molecule has 0 radical (unpaired) electrons. The van der Waals surface area contributed by atoms with Gasteiger partial charge < -0.3 is 19.3 Å². The standard InChI is InChI=1S/C18H15N3O4/c1-11-19-18(21-25-11)13-4-2-3-5-14(13)20-17(22)9-12-6-7-15-16(8-12)24-10-23-15/h2-8H,9-10H2,1H3,(H,20,22). The first-order valence-corrected chi connectivity index (χ1v) is 7.77. The highest BCUT2D eigenvalue weighted by molar-refractivity contribution is 5.95. The number of hydrogen-bond donors (Lipinski definition) is 1. The van der Waals surface area contributed by atoms with Crippen molar-refractivity contribution in [1.82, 2.24) is 10.1 Å². The van der Waals surface area contributed by atoms with Crippen molar-refractivity contribution in [3.63, 3.8) is 0 Å². The van der Waals surface area contributed by atoms with Gasteiger partial charge in [0.05, 0.1) is 12.1 Å². The Bertz CT molecular complexity index is 936. The van der Waals surface area contributed by atoms with Gasteiger partial charge >= 0.3 is 0 Å². The molecule has 0 unspecified atom stereocenters. The number of nitrogens with zero attached hydrogens (tertiary/aromatic N) is 2. The van der Waals surface area contributed by atoms with Gasteiger partial charge in [0.2, 0.25) is 24.4 Å². The Labute approximate surface area is 143 Å². The summed E-state index contributed by atoms with van der Waals surface area (Å²) in [6.07, 6.45) is 0.218. The molecule has 0 spiro atoms. The number of benzene rings is 2. The normalized spacial score (nSPS) is 12.2. The fraction of sp³-hybridized carbons (Fsp3) is 0.167. The Kier molecular flexibility index (Phi) is 3.81. The van der Waals surface area contributed by atoms with Gasteiger partial charge in [0.25, 0.3) is 0 Å². The molecule has 1 aliphatic heterocycles. The number of aromatic nitrogens is 2. The second-order valence-electron chi connectivity index (χ2n) is 5.60. The zero-order chi connectivity index (χ0) is 17.2. The summed E-state index contributed by atoms with van der Waals surface area (Å²) in [6, 6.07) is 12.8. The van der Waals surface area contributed by atoms with Crippen LogP contribution in [0.1, 0.15) is 11.5 Å². The molecule has 1 amide bonds. The SMILES string of the molecule is Cc1nc(-c2ccccc2NC(=O)Cc2ccc3c(c2)OCO3)no1. The number of ether oxygens (including phenoxy) is 2. The molecule has 2 heterocycles. The van der Waals surface area contributed by atoms with Crippen LogP contribution < -0.4 is 14.8 Å². The lowest BCUT2D eigenvalue weighted by molar-refractivity contribution is -0.115. The average Bonchev–Trinajstić information content (AvgIpc) is 3.23. The molecule has 0 fully saturated rings. The van der Waals surface area contributed by atoms with Gasteiger partial charge in [0, 0.05) is 12.5 Å². The monoisotopic (exact) mass is 337 g/mol. The number of para-hydroxylation sites is 1. The zero-order valence-corrected chi connectivity index (χ0v) is 13.5. The molecule has 0 saturated heterocycles. The number of aryl methyl sites for hydroxylation is 1. The van der Waals surface area contributed by atoms with Crippen LogP contribution in [-0.2, 0) is 11.2 Å². The largest absolute Gasteiger partial charge is 0.454 e. The van der Waals surface area contributed by atoms with Gasteiger partial charge in [0.1, 0.15) is 0 Å². The number of rotatable bonds is 4. The van der Waals surface area contributed by atoms with Crippen molar-refractivity contribution in [1.29, 1.82) is 0 Å². The fourth-order valence-corrected chi connectivity index (χ4v) is 2.63. The van der Waals surface area contributed by atoms with Crippen LogP contribution in [0, 0.1) is 6.92 Å². The predicted molar refractivity (Wildman–Crippen MR) is 89.4 cm³/mol. The maximum atomic E-state index is 12.4. The average molecular weight is 337 g/mol. The second-order valence-corrected chi connectivity index (χ2v) is 5.60. The summed E-state index contributed by atoms with van der Waals surface area (Å²) in [7, 11) is 0. The molecule has 126 valence electrons. The van der Waals surface area contributed by atoms with Crippen molar-refractivity contribution in [3.8, 4) is 22.9 Å². The van der Waals surface area contributed by atoms with Crippen LogP contribution in [0.25, 0.3) is 11.4 Å². The molecule has 0 saturated carbocycles. The van der Waals surface area contributed by atoms with Crippen LogP contribution in [-0.4, -0.2) is 22.8 Å². The van der Waals surface area contributed by atoms with Crippen LogP contribution in [0.4, 0.5) is 5.69 Å². The Morgan fingerprint density at radius 3 is 2.84 bits per heavy atom. The Morgan fingerprint density at radius 1 is 1.16 bits per heavy atom. The summed E-state index contributed by atoms with van der Waals surface area (Å²) >= 11 is 0. The minimum absolute atomic E-state index is 0.147. The van der Waals surface area contributed by atoms with Crippen LogP contribution >= 0.6 is 0 Å². The lowest BCUT2D eigenvalue weighted by Gasteiger charge is -2.09. The van der Waals surface area contributed by atoms with E-state index in [0.717, 1.165) is 5.56 Å². The van der Waals surface area contributed by atoms with E-state index in [9.17, 15) is 4.79 Å². The van der Waals surface area contributed by atoms with E-state index in [1.54, 1.807) is 19.1 Å². The van der Waals surface area contributed by atoms with E-state index in [4.69, 9.17) is 14.0 Å². The van der Waals surface area contributed by atoms with Crippen LogP contribution in [0.5, 0.6) is 11.5 Å². The van der Waals surface area contributed by atoms with Gasteiger partial charge in [-0.1, -0.05) is 23.4 Å². The summed E-state index contributed by atoms with van der Waals surface area (Å²) < 4.78 is 15.6. The van der Waals surface area contributed by atoms with Gasteiger partial charge in [-0.15, -0.1) is 0 Å². The molecule has 3 aromatic rings. The summed E-state index contributed by atoms with van der Waals surface area (Å²) in [5.41, 5.74) is 2.18. The smallest absolute Gasteiger partial charge is 0.231 e. The van der Waals surface area contributed by atoms with Gasteiger partial charge in [-0.25, -0.2) is 0 Å². The fourth-order valence-electron chi connectivity index (χ4n) is 2.63. The van der Waals surface area contributed by atoms with Crippen molar-refractivity contribution in [2.75, 3.05) is 12.1 Å². The molecule has 7 nitrogen and oxygen atoms in total. The lowest BCUT2D eigenvalue weighted by Crippen LogP contribution is -2.15. The third-order valence-electron chi connectivity index (χ3n) is 3.77. The molecule has 2 aromatic carbocycles. The van der Waals surface area contributed by atoms with Gasteiger partial charge in [-0.2, -0.15) is 4.98 Å². The Morgan fingerprint density at radius 2 is 2.00 bits per heavy atom. The topological polar surface area (TPSA) is 86.5 Å². The summed E-state index contributed by atoms with van der Waals surface area (Å²) in [5, 5.41) is 6.81. The number of fused-ring (bicyclic) bond motifs is 1. The minimum Gasteiger partial charge on any atom is -0.454 e. The van der Waals surface area contributed by atoms with Gasteiger partial charge in [-0.05, 0) is 29.8 Å². The molecule has 0 atom stereocenters. The second kappa shape index (κ2) is 6.27. The van der Waals surface area contributed by atoms with Crippen molar-refractivity contribution >= 4 is 11.6 Å². The van der Waals surface area contributed by atoms with Gasteiger partial charge in [-0.3, -0.25) is 4.79 Å². The van der Waals surface area contributed by atoms with E-state index in [0.29, 0.717) is 34.5 Å². The third-order valence-corrected chi connectivity index (χ3v) is 3.77. The molecule has 0 aliphatic carbocycles. The van der Waals surface area contributed by atoms with E-state index >= 15 is 0 Å². The molecule has 1 aromatic heterocycles. The maximum absolute atomic E-state index is 12.4. The van der Waals surface area contributed by atoms with Crippen molar-refractivity contribution in [3.05, 3.63) is 53.9 Å². The number of amides is 1. The Hall–Kier alpha value is -3.35. The molecule has 1 aliphatic rings. The predicted octanol–water partition coefficient (Wildman–Crippen LogP) is 2.95. The highest BCUT2D eigenvalue weighted by Gasteiger charge is 2.16. The minimum atomic E-state index is -0.147. The molecule has 1 N–H and O–H groups in total. The molecular formula is C18H15N3O4. The number of hydrogen-bond acceptors (Lipinski definition) is 6. The van der Waals surface area contributed by atoms with Gasteiger partial charge in [0.15, 0.2) is 11.5 Å². The maximum Gasteiger partial charge on any atom is 0.231 e. The number of carbonyl (C=O) groups is 1. The molecule has 25 heavy (non-hydrogen) atoms. The number of anilines is 1. The summed E-state index contributed by atoms with van der Waals surface area (Å²) in [6.45, 7) is 1.93. The molecular weight excluding hydrogens is 322 g/mol. The van der Waals surface area contributed by atoms with Crippen LogP contribution in [0.15, 0.2) is 47.0 Å². The highest BCUT2D eigenvalue weighted by Crippen LogP contribution is 2.32. The van der Waals surface area contributed by atoms with Crippen LogP contribution in [0.3, 0.4) is 0 Å². The highest BCUT2D eigenvalue weighted by atomic mass is 16.7. The summed E-state index contributed by atoms with van der Waals surface area (Å²) in [5.74, 6) is 2.12. The molecule has 4 rings (SSSR count). The van der Waals surface area contributed by atoms with E-state index in [1.807, 2.05) is 30.3 Å². The van der Waals surface area contributed by atoms with E-state index in [-0.39, 0.29) is 19.1 Å². The number of carbonyl (C=O) groups excluding carboxylic acids is 1. The summed E-state index contributed by atoms with van der Waals surface area (Å²) in [4.78, 5) is 16.6. The van der Waals surface area contributed by atoms with E-state index in [1.165, 1.54) is 0 Å². The van der Waals surface area contributed by atoms with E-state index < -0.39 is 0 Å². The molecule has 7 heteroatoms. The van der Waals surface area contributed by atoms with E-state index in [2.05, 4.69) is 15.5 Å². The quantitative estimate of drug-likeness (QED) is 0.788. The first kappa shape index (κ1) is 15.2.